The van der Waals surface area contributed by atoms with E-state index in [0.29, 0.717) is 29.9 Å². The summed E-state index contributed by atoms with van der Waals surface area (Å²) in [6, 6.07) is 3.26. The number of ether oxygens (including phenoxy) is 1. The Kier molecular flexibility index (Phi) is 1.73. The fourth-order valence-electron chi connectivity index (χ4n) is 1.41. The van der Waals surface area contributed by atoms with Gasteiger partial charge in [-0.2, -0.15) is 0 Å². The minimum absolute atomic E-state index is 0.251. The molecule has 0 atom stereocenters. The zero-order valence-corrected chi connectivity index (χ0v) is 6.51. The van der Waals surface area contributed by atoms with Crippen LogP contribution in [-0.2, 0) is 13.0 Å². The number of aliphatic hydroxyl groups excluding tert-OH is 1. The summed E-state index contributed by atoms with van der Waals surface area (Å²) in [5, 5.41) is 8.77. The van der Waals surface area contributed by atoms with Gasteiger partial charge in [0.15, 0.2) is 0 Å². The molecule has 1 aliphatic heterocycles. The van der Waals surface area contributed by atoms with Crippen molar-refractivity contribution in [2.45, 2.75) is 13.0 Å². The number of fused-ring (bicyclic) bond motifs is 1. The van der Waals surface area contributed by atoms with Crippen LogP contribution in [0.4, 0.5) is 4.39 Å². The zero-order chi connectivity index (χ0) is 8.55. The van der Waals surface area contributed by atoms with Gasteiger partial charge >= 0.3 is 0 Å². The smallest absolute Gasteiger partial charge is 0.135 e. The molecule has 0 radical (unpaired) electrons. The van der Waals surface area contributed by atoms with E-state index in [1.807, 2.05) is 0 Å². The van der Waals surface area contributed by atoms with Crippen molar-refractivity contribution in [1.82, 2.24) is 0 Å². The Morgan fingerprint density at radius 2 is 2.33 bits per heavy atom. The number of halogens is 1. The molecule has 0 unspecified atom stereocenters. The summed E-state index contributed by atoms with van der Waals surface area (Å²) in [7, 11) is 0. The summed E-state index contributed by atoms with van der Waals surface area (Å²) in [6.45, 7) is 0.292. The van der Waals surface area contributed by atoms with E-state index in [2.05, 4.69) is 0 Å². The second-order valence-electron chi connectivity index (χ2n) is 2.77. The fourth-order valence-corrected chi connectivity index (χ4v) is 1.41. The average molecular weight is 168 g/mol. The van der Waals surface area contributed by atoms with Crippen LogP contribution < -0.4 is 4.74 Å². The van der Waals surface area contributed by atoms with E-state index in [4.69, 9.17) is 9.84 Å². The van der Waals surface area contributed by atoms with Gasteiger partial charge in [-0.3, -0.25) is 0 Å². The van der Waals surface area contributed by atoms with E-state index >= 15 is 0 Å². The quantitative estimate of drug-likeness (QED) is 0.683. The van der Waals surface area contributed by atoms with Crippen LogP contribution in [0.1, 0.15) is 11.1 Å². The Bertz CT molecular complexity index is 310. The van der Waals surface area contributed by atoms with Crippen LogP contribution in [0.15, 0.2) is 12.1 Å². The Hall–Kier alpha value is -1.09. The molecule has 0 aromatic heterocycles. The van der Waals surface area contributed by atoms with Crippen molar-refractivity contribution in [2.24, 2.45) is 0 Å². The van der Waals surface area contributed by atoms with E-state index in [0.717, 1.165) is 0 Å². The summed E-state index contributed by atoms with van der Waals surface area (Å²) in [4.78, 5) is 0. The monoisotopic (exact) mass is 168 g/mol. The first-order chi connectivity index (χ1) is 5.83. The van der Waals surface area contributed by atoms with Crippen molar-refractivity contribution in [3.05, 3.63) is 29.1 Å². The number of benzene rings is 1. The molecule has 0 spiro atoms. The average Bonchev–Trinajstić information content (AvgIpc) is 2.53. The molecular weight excluding hydrogens is 159 g/mol. The maximum absolute atomic E-state index is 13.3. The van der Waals surface area contributed by atoms with E-state index in [-0.39, 0.29) is 12.4 Å². The van der Waals surface area contributed by atoms with Gasteiger partial charge in [-0.05, 0) is 6.07 Å². The van der Waals surface area contributed by atoms with Crippen LogP contribution in [0.5, 0.6) is 5.75 Å². The second-order valence-corrected chi connectivity index (χ2v) is 2.77. The lowest BCUT2D eigenvalue weighted by atomic mass is 10.1. The van der Waals surface area contributed by atoms with E-state index in [9.17, 15) is 4.39 Å². The lowest BCUT2D eigenvalue weighted by Crippen LogP contribution is -1.93. The molecule has 3 heteroatoms. The highest BCUT2D eigenvalue weighted by Gasteiger charge is 2.18. The molecule has 0 aliphatic carbocycles. The van der Waals surface area contributed by atoms with Crippen LogP contribution >= 0.6 is 0 Å². The largest absolute Gasteiger partial charge is 0.493 e. The number of hydrogen-bond acceptors (Lipinski definition) is 2. The normalized spacial score (nSPS) is 14.2. The molecule has 1 heterocycles. The van der Waals surface area contributed by atoms with Crippen LogP contribution in [0, 0.1) is 5.82 Å². The Labute approximate surface area is 69.6 Å². The van der Waals surface area contributed by atoms with Crippen LogP contribution in [0.2, 0.25) is 0 Å². The molecule has 1 aromatic carbocycles. The topological polar surface area (TPSA) is 29.5 Å². The number of aliphatic hydroxyl groups is 1. The molecule has 0 bridgehead atoms. The first kappa shape index (κ1) is 7.55. The van der Waals surface area contributed by atoms with Gasteiger partial charge < -0.3 is 9.84 Å². The SMILES string of the molecule is OCc1ccc2c(c1F)CCO2. The van der Waals surface area contributed by atoms with Gasteiger partial charge in [0, 0.05) is 17.5 Å². The van der Waals surface area contributed by atoms with Crippen LogP contribution in [-0.4, -0.2) is 11.7 Å². The molecule has 1 aromatic rings. The first-order valence-corrected chi connectivity index (χ1v) is 3.87. The van der Waals surface area contributed by atoms with Gasteiger partial charge in [0.2, 0.25) is 0 Å². The summed E-state index contributed by atoms with van der Waals surface area (Å²) in [6.07, 6.45) is 0.606. The van der Waals surface area contributed by atoms with Gasteiger partial charge in [-0.15, -0.1) is 0 Å². The molecule has 2 nitrogen and oxygen atoms in total. The minimum atomic E-state index is -0.312. The highest BCUT2D eigenvalue weighted by molar-refractivity contribution is 5.41. The zero-order valence-electron chi connectivity index (χ0n) is 6.51. The molecule has 1 N–H and O–H groups in total. The minimum Gasteiger partial charge on any atom is -0.493 e. The predicted molar refractivity (Wildman–Crippen MR) is 41.5 cm³/mol. The third kappa shape index (κ3) is 0.975. The third-order valence-electron chi connectivity index (χ3n) is 2.06. The summed E-state index contributed by atoms with van der Waals surface area (Å²) >= 11 is 0. The maximum Gasteiger partial charge on any atom is 0.135 e. The van der Waals surface area contributed by atoms with E-state index < -0.39 is 0 Å². The van der Waals surface area contributed by atoms with Gasteiger partial charge in [-0.25, -0.2) is 4.39 Å². The van der Waals surface area contributed by atoms with Crippen LogP contribution in [0.3, 0.4) is 0 Å². The molecule has 0 amide bonds. The summed E-state index contributed by atoms with van der Waals surface area (Å²) < 4.78 is 18.5. The Balaban J connectivity index is 2.54. The highest BCUT2D eigenvalue weighted by Crippen LogP contribution is 2.29. The van der Waals surface area contributed by atoms with E-state index in [1.54, 1.807) is 12.1 Å². The molecule has 12 heavy (non-hydrogen) atoms. The van der Waals surface area contributed by atoms with Gasteiger partial charge in [0.25, 0.3) is 0 Å². The number of rotatable bonds is 1. The lowest BCUT2D eigenvalue weighted by molar-refractivity contribution is 0.275. The predicted octanol–water partition coefficient (Wildman–Crippen LogP) is 1.25. The molecule has 1 aliphatic rings. The third-order valence-corrected chi connectivity index (χ3v) is 2.06. The Morgan fingerprint density at radius 3 is 3.08 bits per heavy atom. The van der Waals surface area contributed by atoms with Gasteiger partial charge in [-0.1, -0.05) is 6.07 Å². The molecular formula is C9H9FO2. The van der Waals surface area contributed by atoms with Gasteiger partial charge in [0.1, 0.15) is 11.6 Å². The van der Waals surface area contributed by atoms with Crippen LogP contribution in [0.25, 0.3) is 0 Å². The Morgan fingerprint density at radius 1 is 1.50 bits per heavy atom. The molecule has 64 valence electrons. The van der Waals surface area contributed by atoms with E-state index in [1.165, 1.54) is 0 Å². The molecule has 2 rings (SSSR count). The first-order valence-electron chi connectivity index (χ1n) is 3.87. The van der Waals surface area contributed by atoms with Crippen molar-refractivity contribution in [3.8, 4) is 5.75 Å². The van der Waals surface area contributed by atoms with Crippen molar-refractivity contribution in [1.29, 1.82) is 0 Å². The van der Waals surface area contributed by atoms with Crippen molar-refractivity contribution < 1.29 is 14.2 Å². The molecule has 0 saturated carbocycles. The molecule has 0 fully saturated rings. The van der Waals surface area contributed by atoms with Crippen molar-refractivity contribution in [3.63, 3.8) is 0 Å². The maximum atomic E-state index is 13.3. The summed E-state index contributed by atoms with van der Waals surface area (Å²) in [5.74, 6) is 0.303. The highest BCUT2D eigenvalue weighted by atomic mass is 19.1. The standard InChI is InChI=1S/C9H9FO2/c10-9-6(5-11)1-2-8-7(9)3-4-12-8/h1-2,11H,3-5H2. The second kappa shape index (κ2) is 2.75. The molecule has 0 saturated heterocycles. The number of hydrogen-bond donors (Lipinski definition) is 1. The van der Waals surface area contributed by atoms with Gasteiger partial charge in [0.05, 0.1) is 13.2 Å². The van der Waals surface area contributed by atoms with Crippen molar-refractivity contribution >= 4 is 0 Å². The summed E-state index contributed by atoms with van der Waals surface area (Å²) in [5.41, 5.74) is 0.945. The lowest BCUT2D eigenvalue weighted by Gasteiger charge is -2.03. The van der Waals surface area contributed by atoms with Crippen molar-refractivity contribution in [2.75, 3.05) is 6.61 Å². The fraction of sp³-hybridized carbons (Fsp3) is 0.333.